The molecule has 2 heterocycles. The molecule has 1 aliphatic rings. The molecule has 0 aromatic carbocycles. The fourth-order valence-electron chi connectivity index (χ4n) is 2.69. The lowest BCUT2D eigenvalue weighted by Crippen LogP contribution is -2.16. The molecule has 1 aromatic rings. The summed E-state index contributed by atoms with van der Waals surface area (Å²) in [5, 5.41) is 2.98. The van der Waals surface area contributed by atoms with Crippen LogP contribution in [0.5, 0.6) is 0 Å². The van der Waals surface area contributed by atoms with E-state index in [2.05, 4.69) is 42.4 Å². The topological polar surface area (TPSA) is 44.9 Å². The van der Waals surface area contributed by atoms with Crippen LogP contribution in [-0.2, 0) is 11.2 Å². The summed E-state index contributed by atoms with van der Waals surface area (Å²) in [5.74, 6) is 0.0633. The monoisotopic (exact) mass is 272 g/mol. The summed E-state index contributed by atoms with van der Waals surface area (Å²) in [5.41, 5.74) is 5.37. The number of H-pyrrole nitrogens is 1. The van der Waals surface area contributed by atoms with Gasteiger partial charge in [0.2, 0.25) is 0 Å². The Balaban J connectivity index is 2.20. The average Bonchev–Trinajstić information content (AvgIpc) is 3.00. The minimum absolute atomic E-state index is 0.0633. The number of aryl methyl sites for hydroxylation is 1. The van der Waals surface area contributed by atoms with E-state index in [9.17, 15) is 4.79 Å². The van der Waals surface area contributed by atoms with Crippen LogP contribution in [0.2, 0.25) is 0 Å². The molecule has 3 nitrogen and oxygen atoms in total. The average molecular weight is 272 g/mol. The summed E-state index contributed by atoms with van der Waals surface area (Å²) < 4.78 is 0. The molecule has 2 rings (SSSR count). The van der Waals surface area contributed by atoms with E-state index in [-0.39, 0.29) is 5.91 Å². The maximum atomic E-state index is 11.9. The van der Waals surface area contributed by atoms with Crippen molar-refractivity contribution in [2.75, 3.05) is 0 Å². The van der Waals surface area contributed by atoms with Crippen LogP contribution in [0.15, 0.2) is 29.0 Å². The maximum absolute atomic E-state index is 11.9. The third-order valence-electron chi connectivity index (χ3n) is 3.79. The fraction of sp³-hybridized carbons (Fsp3) is 0.471. The normalized spacial score (nSPS) is 17.1. The molecule has 0 unspecified atom stereocenters. The summed E-state index contributed by atoms with van der Waals surface area (Å²) in [6.45, 7) is 6.33. The van der Waals surface area contributed by atoms with Gasteiger partial charge in [0.1, 0.15) is 0 Å². The highest BCUT2D eigenvalue weighted by Crippen LogP contribution is 2.27. The van der Waals surface area contributed by atoms with Crippen LogP contribution in [0.3, 0.4) is 0 Å². The van der Waals surface area contributed by atoms with Crippen molar-refractivity contribution in [3.05, 3.63) is 40.4 Å². The van der Waals surface area contributed by atoms with Crippen LogP contribution >= 0.6 is 0 Å². The first-order valence-electron chi connectivity index (χ1n) is 7.62. The number of aromatic nitrogens is 1. The van der Waals surface area contributed by atoms with Gasteiger partial charge < -0.3 is 10.3 Å². The van der Waals surface area contributed by atoms with E-state index in [4.69, 9.17) is 0 Å². The lowest BCUT2D eigenvalue weighted by Gasteiger charge is -2.02. The summed E-state index contributed by atoms with van der Waals surface area (Å²) >= 11 is 0. The van der Waals surface area contributed by atoms with Gasteiger partial charge >= 0.3 is 0 Å². The molecule has 2 N–H and O–H groups in total. The standard InChI is InChI=1S/C17H24N2O/c1-4-7-8-12-9-10-13(18-12)11-16-14(5-2)15(6-3)17(20)19-16/h9-11,18H,4-8H2,1-3H3,(H,19,20)/b16-11-. The van der Waals surface area contributed by atoms with Gasteiger partial charge in [0.05, 0.1) is 0 Å². The zero-order valence-electron chi connectivity index (χ0n) is 12.7. The van der Waals surface area contributed by atoms with Gasteiger partial charge in [-0.2, -0.15) is 0 Å². The molecule has 0 radical (unpaired) electrons. The minimum Gasteiger partial charge on any atom is -0.359 e. The third-order valence-corrected chi connectivity index (χ3v) is 3.79. The second-order valence-corrected chi connectivity index (χ2v) is 5.22. The highest BCUT2D eigenvalue weighted by molar-refractivity contribution is 6.01. The van der Waals surface area contributed by atoms with E-state index in [1.54, 1.807) is 0 Å². The Morgan fingerprint density at radius 3 is 2.50 bits per heavy atom. The quantitative estimate of drug-likeness (QED) is 0.809. The van der Waals surface area contributed by atoms with Crippen LogP contribution in [0.25, 0.3) is 6.08 Å². The zero-order chi connectivity index (χ0) is 14.5. The highest BCUT2D eigenvalue weighted by Gasteiger charge is 2.24. The zero-order valence-corrected chi connectivity index (χ0v) is 12.7. The number of rotatable bonds is 6. The largest absolute Gasteiger partial charge is 0.359 e. The van der Waals surface area contributed by atoms with Crippen molar-refractivity contribution in [2.24, 2.45) is 0 Å². The molecule has 1 aromatic heterocycles. The molecule has 1 amide bonds. The smallest absolute Gasteiger partial charge is 0.251 e. The molecule has 0 aliphatic carbocycles. The van der Waals surface area contributed by atoms with E-state index in [0.29, 0.717) is 0 Å². The molecule has 0 bridgehead atoms. The summed E-state index contributed by atoms with van der Waals surface area (Å²) in [6, 6.07) is 4.22. The lowest BCUT2D eigenvalue weighted by molar-refractivity contribution is -0.116. The number of amides is 1. The molecule has 0 saturated carbocycles. The Kier molecular flexibility index (Phi) is 4.83. The van der Waals surface area contributed by atoms with Crippen molar-refractivity contribution < 1.29 is 4.79 Å². The Bertz CT molecular complexity index is 549. The molecular formula is C17H24N2O. The number of hydrogen-bond donors (Lipinski definition) is 2. The lowest BCUT2D eigenvalue weighted by atomic mass is 10.0. The van der Waals surface area contributed by atoms with Crippen molar-refractivity contribution >= 4 is 12.0 Å². The molecule has 0 fully saturated rings. The van der Waals surface area contributed by atoms with Crippen molar-refractivity contribution in [1.29, 1.82) is 0 Å². The number of carbonyl (C=O) groups excluding carboxylic acids is 1. The summed E-state index contributed by atoms with van der Waals surface area (Å²) in [7, 11) is 0. The molecule has 0 saturated heterocycles. The van der Waals surface area contributed by atoms with E-state index in [0.717, 1.165) is 41.8 Å². The number of nitrogens with one attached hydrogen (secondary N) is 2. The van der Waals surface area contributed by atoms with Crippen LogP contribution < -0.4 is 5.32 Å². The van der Waals surface area contributed by atoms with Crippen LogP contribution in [0.4, 0.5) is 0 Å². The van der Waals surface area contributed by atoms with E-state index >= 15 is 0 Å². The molecule has 1 aliphatic heterocycles. The third kappa shape index (κ3) is 3.03. The molecule has 3 heteroatoms. The predicted molar refractivity (Wildman–Crippen MR) is 83.1 cm³/mol. The number of hydrogen-bond acceptors (Lipinski definition) is 1. The van der Waals surface area contributed by atoms with Crippen molar-refractivity contribution in [2.45, 2.75) is 52.9 Å². The van der Waals surface area contributed by atoms with Crippen LogP contribution in [0.1, 0.15) is 57.8 Å². The first-order valence-corrected chi connectivity index (χ1v) is 7.62. The highest BCUT2D eigenvalue weighted by atomic mass is 16.1. The van der Waals surface area contributed by atoms with Gasteiger partial charge in [-0.1, -0.05) is 27.2 Å². The molecule has 20 heavy (non-hydrogen) atoms. The van der Waals surface area contributed by atoms with Gasteiger partial charge in [-0.25, -0.2) is 0 Å². The van der Waals surface area contributed by atoms with E-state index in [1.165, 1.54) is 18.5 Å². The van der Waals surface area contributed by atoms with Gasteiger partial charge in [-0.05, 0) is 49.5 Å². The SMILES string of the molecule is CCCCc1ccc(/C=C2\NC(=O)C(CC)=C2CC)[nH]1. The van der Waals surface area contributed by atoms with Crippen molar-refractivity contribution in [3.8, 4) is 0 Å². The number of unbranched alkanes of at least 4 members (excludes halogenated alkanes) is 1. The molecular weight excluding hydrogens is 248 g/mol. The Labute approximate surface area is 121 Å². The predicted octanol–water partition coefficient (Wildman–Crippen LogP) is 3.94. The number of carbonyl (C=O) groups is 1. The van der Waals surface area contributed by atoms with Crippen LogP contribution in [0, 0.1) is 0 Å². The van der Waals surface area contributed by atoms with Gasteiger partial charge in [-0.15, -0.1) is 0 Å². The minimum atomic E-state index is 0.0633. The molecule has 0 spiro atoms. The molecule has 0 atom stereocenters. The first kappa shape index (κ1) is 14.6. The van der Waals surface area contributed by atoms with Gasteiger partial charge in [-0.3, -0.25) is 4.79 Å². The second kappa shape index (κ2) is 6.60. The second-order valence-electron chi connectivity index (χ2n) is 5.22. The Hall–Kier alpha value is -1.77. The Morgan fingerprint density at radius 2 is 1.85 bits per heavy atom. The van der Waals surface area contributed by atoms with E-state index in [1.807, 2.05) is 6.92 Å². The number of aromatic amines is 1. The first-order chi connectivity index (χ1) is 9.69. The van der Waals surface area contributed by atoms with Gasteiger partial charge in [0.15, 0.2) is 0 Å². The molecule has 108 valence electrons. The van der Waals surface area contributed by atoms with Crippen molar-refractivity contribution in [3.63, 3.8) is 0 Å². The fourth-order valence-corrected chi connectivity index (χ4v) is 2.69. The summed E-state index contributed by atoms with van der Waals surface area (Å²) in [6.07, 6.45) is 7.22. The van der Waals surface area contributed by atoms with Gasteiger partial charge in [0.25, 0.3) is 5.91 Å². The van der Waals surface area contributed by atoms with Crippen molar-refractivity contribution in [1.82, 2.24) is 10.3 Å². The number of allylic oxidation sites excluding steroid dienone is 1. The van der Waals surface area contributed by atoms with E-state index < -0.39 is 0 Å². The Morgan fingerprint density at radius 1 is 1.10 bits per heavy atom. The van der Waals surface area contributed by atoms with Crippen LogP contribution in [-0.4, -0.2) is 10.9 Å². The maximum Gasteiger partial charge on any atom is 0.251 e. The van der Waals surface area contributed by atoms with Gasteiger partial charge in [0, 0.05) is 22.7 Å². The summed E-state index contributed by atoms with van der Waals surface area (Å²) in [4.78, 5) is 15.3.